The number of benzene rings is 1. The van der Waals surface area contributed by atoms with E-state index < -0.39 is 11.8 Å². The summed E-state index contributed by atoms with van der Waals surface area (Å²) in [6, 6.07) is 3.04. The van der Waals surface area contributed by atoms with E-state index in [-0.39, 0.29) is 29.1 Å². The zero-order chi connectivity index (χ0) is 14.0. The number of anilines is 1. The first kappa shape index (κ1) is 13.5. The van der Waals surface area contributed by atoms with Gasteiger partial charge in [0.05, 0.1) is 17.2 Å². The molecule has 4 N–H and O–H groups in total. The molecule has 5 nitrogen and oxygen atoms in total. The molecule has 1 aliphatic rings. The van der Waals surface area contributed by atoms with Gasteiger partial charge in [-0.25, -0.2) is 9.18 Å². The second kappa shape index (κ2) is 5.36. The first-order valence-electron chi connectivity index (χ1n) is 6.08. The molecule has 102 valence electrons. The van der Waals surface area contributed by atoms with Gasteiger partial charge in [-0.05, 0) is 31.0 Å². The Morgan fingerprint density at radius 3 is 2.68 bits per heavy atom. The van der Waals surface area contributed by atoms with E-state index in [2.05, 4.69) is 5.32 Å². The maximum absolute atomic E-state index is 13.0. The van der Waals surface area contributed by atoms with E-state index in [1.54, 1.807) is 0 Å². The third-order valence-corrected chi connectivity index (χ3v) is 3.38. The molecule has 0 aliphatic heterocycles. The van der Waals surface area contributed by atoms with E-state index in [4.69, 9.17) is 10.8 Å². The largest absolute Gasteiger partial charge is 0.478 e. The van der Waals surface area contributed by atoms with Gasteiger partial charge in [0, 0.05) is 6.04 Å². The fourth-order valence-electron chi connectivity index (χ4n) is 2.34. The number of halogens is 1. The molecule has 2 unspecified atom stereocenters. The zero-order valence-electron chi connectivity index (χ0n) is 10.2. The summed E-state index contributed by atoms with van der Waals surface area (Å²) in [6.45, 7) is 0. The van der Waals surface area contributed by atoms with Crippen molar-refractivity contribution >= 4 is 17.6 Å². The molecule has 1 amide bonds. The lowest BCUT2D eigenvalue weighted by atomic mass is 10.0. The Kier molecular flexibility index (Phi) is 3.80. The molecule has 0 spiro atoms. The Morgan fingerprint density at radius 1 is 1.37 bits per heavy atom. The number of carbonyl (C=O) groups excluding carboxylic acids is 1. The highest BCUT2D eigenvalue weighted by Gasteiger charge is 2.30. The van der Waals surface area contributed by atoms with Crippen LogP contribution in [0.3, 0.4) is 0 Å². The summed E-state index contributed by atoms with van der Waals surface area (Å²) in [5, 5.41) is 11.5. The number of hydrogen-bond donors (Lipinski definition) is 3. The fourth-order valence-corrected chi connectivity index (χ4v) is 2.34. The molecule has 1 fully saturated rings. The van der Waals surface area contributed by atoms with Crippen molar-refractivity contribution in [2.45, 2.75) is 25.3 Å². The second-order valence-electron chi connectivity index (χ2n) is 4.69. The molecule has 1 saturated carbocycles. The molecular formula is C13H15FN2O3. The average Bonchev–Trinajstić information content (AvgIpc) is 2.77. The minimum atomic E-state index is -1.29. The highest BCUT2D eigenvalue weighted by molar-refractivity contribution is 6.01. The Balaban J connectivity index is 2.19. The van der Waals surface area contributed by atoms with Crippen molar-refractivity contribution in [1.29, 1.82) is 0 Å². The minimum Gasteiger partial charge on any atom is -0.478 e. The highest BCUT2D eigenvalue weighted by atomic mass is 19.1. The number of carbonyl (C=O) groups is 2. The van der Waals surface area contributed by atoms with Gasteiger partial charge in [-0.1, -0.05) is 6.42 Å². The van der Waals surface area contributed by atoms with Gasteiger partial charge in [0.15, 0.2) is 0 Å². The van der Waals surface area contributed by atoms with E-state index in [9.17, 15) is 14.0 Å². The van der Waals surface area contributed by atoms with Crippen molar-refractivity contribution < 1.29 is 19.1 Å². The van der Waals surface area contributed by atoms with E-state index in [1.165, 1.54) is 6.07 Å². The zero-order valence-corrected chi connectivity index (χ0v) is 10.2. The first-order chi connectivity index (χ1) is 8.99. The molecule has 0 saturated heterocycles. The van der Waals surface area contributed by atoms with Crippen LogP contribution in [0.5, 0.6) is 0 Å². The van der Waals surface area contributed by atoms with Crippen molar-refractivity contribution in [3.8, 4) is 0 Å². The normalized spacial score (nSPS) is 22.2. The number of rotatable bonds is 3. The number of carboxylic acids is 1. The van der Waals surface area contributed by atoms with Gasteiger partial charge in [-0.3, -0.25) is 4.79 Å². The quantitative estimate of drug-likeness (QED) is 0.774. The molecule has 0 bridgehead atoms. The van der Waals surface area contributed by atoms with E-state index in [0.29, 0.717) is 6.42 Å². The lowest BCUT2D eigenvalue weighted by molar-refractivity contribution is -0.120. The van der Waals surface area contributed by atoms with Crippen LogP contribution in [0.1, 0.15) is 29.6 Å². The lowest BCUT2D eigenvalue weighted by Gasteiger charge is -2.16. The number of nitrogens with one attached hydrogen (secondary N) is 1. The predicted molar refractivity (Wildman–Crippen MR) is 67.3 cm³/mol. The molecule has 0 heterocycles. The Morgan fingerprint density at radius 2 is 2.11 bits per heavy atom. The Hall–Kier alpha value is -1.95. The van der Waals surface area contributed by atoms with E-state index in [1.807, 2.05) is 0 Å². The lowest BCUT2D eigenvalue weighted by Crippen LogP contribution is -2.34. The van der Waals surface area contributed by atoms with Gasteiger partial charge < -0.3 is 16.2 Å². The molecule has 1 aromatic rings. The van der Waals surface area contributed by atoms with Gasteiger partial charge >= 0.3 is 5.97 Å². The van der Waals surface area contributed by atoms with E-state index >= 15 is 0 Å². The SMILES string of the molecule is NC1CCCC1C(=O)Nc1ccc(F)cc1C(=O)O. The Bertz CT molecular complexity index is 519. The van der Waals surface area contributed by atoms with Crippen molar-refractivity contribution in [2.75, 3.05) is 5.32 Å². The van der Waals surface area contributed by atoms with Crippen LogP contribution < -0.4 is 11.1 Å². The fraction of sp³-hybridized carbons (Fsp3) is 0.385. The summed E-state index contributed by atoms with van der Waals surface area (Å²) >= 11 is 0. The summed E-state index contributed by atoms with van der Waals surface area (Å²) in [4.78, 5) is 23.0. The Labute approximate surface area is 109 Å². The van der Waals surface area contributed by atoms with Crippen LogP contribution in [-0.2, 0) is 4.79 Å². The topological polar surface area (TPSA) is 92.4 Å². The van der Waals surface area contributed by atoms with Crippen LogP contribution in [0, 0.1) is 11.7 Å². The van der Waals surface area contributed by atoms with Crippen molar-refractivity contribution in [2.24, 2.45) is 11.7 Å². The summed E-state index contributed by atoms with van der Waals surface area (Å²) in [7, 11) is 0. The van der Waals surface area contributed by atoms with Gasteiger partial charge in [-0.15, -0.1) is 0 Å². The first-order valence-corrected chi connectivity index (χ1v) is 6.08. The third kappa shape index (κ3) is 2.90. The molecule has 0 aromatic heterocycles. The smallest absolute Gasteiger partial charge is 0.337 e. The van der Waals surface area contributed by atoms with Gasteiger partial charge in [0.25, 0.3) is 0 Å². The van der Waals surface area contributed by atoms with Crippen molar-refractivity contribution in [3.63, 3.8) is 0 Å². The van der Waals surface area contributed by atoms with Crippen LogP contribution in [0.25, 0.3) is 0 Å². The second-order valence-corrected chi connectivity index (χ2v) is 4.69. The number of hydrogen-bond acceptors (Lipinski definition) is 3. The number of carboxylic acid groups (broad SMARTS) is 1. The monoisotopic (exact) mass is 266 g/mol. The molecular weight excluding hydrogens is 251 g/mol. The van der Waals surface area contributed by atoms with E-state index in [0.717, 1.165) is 25.0 Å². The average molecular weight is 266 g/mol. The molecule has 1 aliphatic carbocycles. The van der Waals surface area contributed by atoms with Crippen LogP contribution in [-0.4, -0.2) is 23.0 Å². The maximum Gasteiger partial charge on any atom is 0.337 e. The third-order valence-electron chi connectivity index (χ3n) is 3.38. The highest BCUT2D eigenvalue weighted by Crippen LogP contribution is 2.26. The summed E-state index contributed by atoms with van der Waals surface area (Å²) in [6.07, 6.45) is 2.36. The number of nitrogens with two attached hydrogens (primary N) is 1. The molecule has 2 rings (SSSR count). The van der Waals surface area contributed by atoms with Crippen molar-refractivity contribution in [1.82, 2.24) is 0 Å². The number of amides is 1. The van der Waals surface area contributed by atoms with Gasteiger partial charge in [-0.2, -0.15) is 0 Å². The van der Waals surface area contributed by atoms with Crippen LogP contribution in [0.15, 0.2) is 18.2 Å². The minimum absolute atomic E-state index is 0.0954. The standard InChI is InChI=1S/C13H15FN2O3/c14-7-4-5-11(9(6-7)13(18)19)16-12(17)8-2-1-3-10(8)15/h4-6,8,10H,1-3,15H2,(H,16,17)(H,18,19). The van der Waals surface area contributed by atoms with Crippen LogP contribution in [0.2, 0.25) is 0 Å². The van der Waals surface area contributed by atoms with Gasteiger partial charge in [0.2, 0.25) is 5.91 Å². The summed E-state index contributed by atoms with van der Waals surface area (Å²) < 4.78 is 13.0. The van der Waals surface area contributed by atoms with Crippen LogP contribution in [0.4, 0.5) is 10.1 Å². The predicted octanol–water partition coefficient (Wildman–Crippen LogP) is 1.59. The molecule has 2 atom stereocenters. The van der Waals surface area contributed by atoms with Crippen molar-refractivity contribution in [3.05, 3.63) is 29.6 Å². The summed E-state index contributed by atoms with van der Waals surface area (Å²) in [5.74, 6) is -2.57. The molecule has 6 heteroatoms. The van der Waals surface area contributed by atoms with Crippen LogP contribution >= 0.6 is 0 Å². The number of aromatic carboxylic acids is 1. The molecule has 1 aromatic carbocycles. The maximum atomic E-state index is 13.0. The summed E-state index contributed by atoms with van der Waals surface area (Å²) in [5.41, 5.74) is 5.65. The molecule has 0 radical (unpaired) electrons. The van der Waals surface area contributed by atoms with Gasteiger partial charge in [0.1, 0.15) is 5.82 Å². The molecule has 19 heavy (non-hydrogen) atoms.